The molecule has 1 heterocycles. The number of anilines is 1. The number of aromatic nitrogens is 1. The van der Waals surface area contributed by atoms with Crippen LogP contribution < -0.4 is 10.5 Å². The van der Waals surface area contributed by atoms with E-state index in [-0.39, 0.29) is 15.5 Å². The van der Waals surface area contributed by atoms with Crippen molar-refractivity contribution in [1.29, 1.82) is 0 Å². The first kappa shape index (κ1) is 16.6. The lowest BCUT2D eigenvalue weighted by Gasteiger charge is -2.10. The number of hydrogen-bond donors (Lipinski definition) is 1. The molecular weight excluding hydrogens is 352 g/mol. The molecule has 0 aliphatic heterocycles. The van der Waals surface area contributed by atoms with Crippen LogP contribution >= 0.6 is 11.6 Å². The van der Waals surface area contributed by atoms with Crippen molar-refractivity contribution in [2.24, 2.45) is 0 Å². The Balaban J connectivity index is 2.09. The number of fused-ring (bicyclic) bond motifs is 1. The van der Waals surface area contributed by atoms with Crippen LogP contribution in [0.4, 0.5) is 5.69 Å². The van der Waals surface area contributed by atoms with Gasteiger partial charge in [0.05, 0.1) is 10.5 Å². The van der Waals surface area contributed by atoms with Crippen molar-refractivity contribution in [3.8, 4) is 0 Å². The number of aryl methyl sites for hydroxylation is 2. The number of benzene rings is 2. The number of sulfonamides is 1. The van der Waals surface area contributed by atoms with Gasteiger partial charge in [-0.2, -0.15) is 0 Å². The normalized spacial score (nSPS) is 11.8. The monoisotopic (exact) mass is 366 g/mol. The van der Waals surface area contributed by atoms with E-state index in [1.165, 1.54) is 16.7 Å². The molecule has 3 rings (SSSR count). The summed E-state index contributed by atoms with van der Waals surface area (Å²) in [5, 5.41) is 0.0186. The van der Waals surface area contributed by atoms with Crippen molar-refractivity contribution < 1.29 is 12.8 Å². The van der Waals surface area contributed by atoms with E-state index in [0.29, 0.717) is 17.7 Å². The van der Waals surface area contributed by atoms with E-state index in [4.69, 9.17) is 16.0 Å². The number of halogens is 1. The quantitative estimate of drug-likeness (QED) is 0.767. The van der Waals surface area contributed by atoms with Gasteiger partial charge in [0, 0.05) is 18.3 Å². The van der Waals surface area contributed by atoms with Crippen molar-refractivity contribution in [2.75, 3.05) is 4.72 Å². The van der Waals surface area contributed by atoms with Crippen molar-refractivity contribution >= 4 is 38.4 Å². The summed E-state index contributed by atoms with van der Waals surface area (Å²) >= 11 is 6.14. The van der Waals surface area contributed by atoms with Crippen LogP contribution in [0.15, 0.2) is 50.5 Å². The van der Waals surface area contributed by atoms with Crippen LogP contribution in [0.5, 0.6) is 0 Å². The highest BCUT2D eigenvalue weighted by Crippen LogP contribution is 2.28. The van der Waals surface area contributed by atoms with Gasteiger partial charge in [-0.1, -0.05) is 29.3 Å². The van der Waals surface area contributed by atoms with Gasteiger partial charge in [0.15, 0.2) is 5.58 Å². The third-order valence-corrected chi connectivity index (χ3v) is 5.48. The fourth-order valence-electron chi connectivity index (χ4n) is 2.40. The maximum Gasteiger partial charge on any atom is 0.419 e. The minimum absolute atomic E-state index is 0.0186. The second-order valence-electron chi connectivity index (χ2n) is 5.33. The molecule has 1 aromatic heterocycles. The number of hydrogen-bond acceptors (Lipinski definition) is 4. The molecular formula is C16H15ClN2O4S. The number of nitrogens with one attached hydrogen (secondary N) is 1. The summed E-state index contributed by atoms with van der Waals surface area (Å²) in [5.74, 6) is -0.551. The summed E-state index contributed by atoms with van der Waals surface area (Å²) < 4.78 is 34.1. The fraction of sp³-hybridized carbons (Fsp3) is 0.188. The average molecular weight is 367 g/mol. The highest BCUT2D eigenvalue weighted by atomic mass is 35.5. The lowest BCUT2D eigenvalue weighted by atomic mass is 10.2. The standard InChI is InChI=1S/C16H15ClN2O4S/c1-3-19-13-8-12(17)15(9-14(13)23-16(19)20)24(21,22)18-11-6-4-10(2)5-7-11/h4-9,18H,3H2,1-2H3. The first-order valence-corrected chi connectivity index (χ1v) is 9.10. The Morgan fingerprint density at radius 3 is 2.50 bits per heavy atom. The molecule has 2 aromatic carbocycles. The van der Waals surface area contributed by atoms with E-state index >= 15 is 0 Å². The number of oxazole rings is 1. The predicted molar refractivity (Wildman–Crippen MR) is 93.1 cm³/mol. The average Bonchev–Trinajstić information content (AvgIpc) is 2.82. The van der Waals surface area contributed by atoms with Gasteiger partial charge >= 0.3 is 5.76 Å². The molecule has 0 aliphatic carbocycles. The predicted octanol–water partition coefficient (Wildman–Crippen LogP) is 3.38. The minimum Gasteiger partial charge on any atom is -0.408 e. The molecule has 0 amide bonds. The molecule has 0 unspecified atom stereocenters. The Labute approximate surface area is 143 Å². The van der Waals surface area contributed by atoms with Gasteiger partial charge in [-0.3, -0.25) is 9.29 Å². The van der Waals surface area contributed by atoms with Crippen molar-refractivity contribution in [2.45, 2.75) is 25.3 Å². The van der Waals surface area contributed by atoms with Crippen molar-refractivity contribution in [3.63, 3.8) is 0 Å². The first-order valence-electron chi connectivity index (χ1n) is 7.24. The molecule has 3 aromatic rings. The van der Waals surface area contributed by atoms with Crippen molar-refractivity contribution in [1.82, 2.24) is 4.57 Å². The van der Waals surface area contributed by atoms with Gasteiger partial charge in [-0.25, -0.2) is 13.2 Å². The summed E-state index contributed by atoms with van der Waals surface area (Å²) in [4.78, 5) is 11.6. The largest absolute Gasteiger partial charge is 0.419 e. The zero-order valence-electron chi connectivity index (χ0n) is 13.0. The van der Waals surface area contributed by atoms with Crippen LogP contribution in [0, 0.1) is 6.92 Å². The summed E-state index contributed by atoms with van der Waals surface area (Å²) in [6.45, 7) is 4.09. The van der Waals surface area contributed by atoms with Crippen LogP contribution in [0.2, 0.25) is 5.02 Å². The molecule has 0 radical (unpaired) electrons. The second-order valence-corrected chi connectivity index (χ2v) is 7.39. The van der Waals surface area contributed by atoms with E-state index in [0.717, 1.165) is 5.56 Å². The Hall–Kier alpha value is -2.25. The molecule has 8 heteroatoms. The van der Waals surface area contributed by atoms with E-state index < -0.39 is 15.8 Å². The Morgan fingerprint density at radius 2 is 1.88 bits per heavy atom. The Bertz CT molecular complexity index is 1070. The fourth-order valence-corrected chi connectivity index (χ4v) is 4.00. The molecule has 0 saturated carbocycles. The molecule has 0 atom stereocenters. The van der Waals surface area contributed by atoms with Gasteiger partial charge in [0.1, 0.15) is 4.90 Å². The SMILES string of the molecule is CCn1c(=O)oc2cc(S(=O)(=O)Nc3ccc(C)cc3)c(Cl)cc21. The van der Waals surface area contributed by atoms with Gasteiger partial charge in [-0.15, -0.1) is 0 Å². The van der Waals surface area contributed by atoms with Crippen LogP contribution in [0.3, 0.4) is 0 Å². The number of nitrogens with zero attached hydrogens (tertiary/aromatic N) is 1. The maximum absolute atomic E-state index is 12.6. The molecule has 1 N–H and O–H groups in total. The summed E-state index contributed by atoms with van der Waals surface area (Å²) in [5.41, 5.74) is 2.07. The molecule has 0 fully saturated rings. The Morgan fingerprint density at radius 1 is 1.21 bits per heavy atom. The lowest BCUT2D eigenvalue weighted by Crippen LogP contribution is -2.14. The third kappa shape index (κ3) is 2.92. The van der Waals surface area contributed by atoms with Crippen molar-refractivity contribution in [3.05, 3.63) is 57.5 Å². The molecule has 0 saturated heterocycles. The smallest absolute Gasteiger partial charge is 0.408 e. The Kier molecular flexibility index (Phi) is 4.15. The third-order valence-electron chi connectivity index (χ3n) is 3.63. The molecule has 0 spiro atoms. The zero-order valence-corrected chi connectivity index (χ0v) is 14.6. The molecule has 6 nitrogen and oxygen atoms in total. The van der Waals surface area contributed by atoms with Gasteiger partial charge in [-0.05, 0) is 32.0 Å². The zero-order chi connectivity index (χ0) is 17.5. The molecule has 24 heavy (non-hydrogen) atoms. The lowest BCUT2D eigenvalue weighted by molar-refractivity contribution is 0.512. The van der Waals surface area contributed by atoms with E-state index in [1.807, 2.05) is 6.92 Å². The maximum atomic E-state index is 12.6. The van der Waals surface area contributed by atoms with E-state index in [9.17, 15) is 13.2 Å². The van der Waals surface area contributed by atoms with Crippen LogP contribution in [0.25, 0.3) is 11.1 Å². The van der Waals surface area contributed by atoms with Gasteiger partial charge in [0.25, 0.3) is 10.0 Å². The second kappa shape index (κ2) is 5.99. The minimum atomic E-state index is -3.91. The summed E-state index contributed by atoms with van der Waals surface area (Å²) in [6.07, 6.45) is 0. The molecule has 0 bridgehead atoms. The highest BCUT2D eigenvalue weighted by molar-refractivity contribution is 7.92. The van der Waals surface area contributed by atoms with Gasteiger partial charge in [0.2, 0.25) is 0 Å². The van der Waals surface area contributed by atoms with Crippen LogP contribution in [-0.2, 0) is 16.6 Å². The van der Waals surface area contributed by atoms with Gasteiger partial charge < -0.3 is 4.42 Å². The molecule has 126 valence electrons. The topological polar surface area (TPSA) is 81.3 Å². The van der Waals surface area contributed by atoms with Crippen LogP contribution in [-0.4, -0.2) is 13.0 Å². The van der Waals surface area contributed by atoms with E-state index in [1.54, 1.807) is 31.2 Å². The first-order chi connectivity index (χ1) is 11.3. The molecule has 0 aliphatic rings. The van der Waals surface area contributed by atoms with E-state index in [2.05, 4.69) is 4.72 Å². The summed E-state index contributed by atoms with van der Waals surface area (Å²) in [6, 6.07) is 9.60. The highest BCUT2D eigenvalue weighted by Gasteiger charge is 2.21. The summed E-state index contributed by atoms with van der Waals surface area (Å²) in [7, 11) is -3.91. The number of rotatable bonds is 4. The van der Waals surface area contributed by atoms with Crippen LogP contribution in [0.1, 0.15) is 12.5 Å².